The van der Waals surface area contributed by atoms with Crippen LogP contribution in [-0.4, -0.2) is 20.0 Å². The third-order valence-electron chi connectivity index (χ3n) is 2.79. The summed E-state index contributed by atoms with van der Waals surface area (Å²) in [6.45, 7) is 0. The monoisotopic (exact) mass is 248 g/mol. The van der Waals surface area contributed by atoms with Crippen molar-refractivity contribution < 1.29 is 4.79 Å². The molecule has 7 nitrogen and oxygen atoms in total. The zero-order valence-corrected chi connectivity index (χ0v) is 10.0. The zero-order valence-electron chi connectivity index (χ0n) is 10.0. The smallest absolute Gasteiger partial charge is 0.332 e. The fraction of sp³-hybridized carbons (Fsp3) is 0.273. The molecule has 0 fully saturated rings. The summed E-state index contributed by atoms with van der Waals surface area (Å²) in [5, 5.41) is 0.251. The zero-order chi connectivity index (χ0) is 13.4. The third kappa shape index (κ3) is 1.69. The maximum absolute atomic E-state index is 12.1. The van der Waals surface area contributed by atoms with Crippen molar-refractivity contribution in [2.45, 2.75) is 6.42 Å². The van der Waals surface area contributed by atoms with Gasteiger partial charge >= 0.3 is 5.69 Å². The lowest BCUT2D eigenvalue weighted by Gasteiger charge is -2.08. The van der Waals surface area contributed by atoms with E-state index in [1.807, 2.05) is 0 Å². The molecule has 2 rings (SSSR count). The van der Waals surface area contributed by atoms with Crippen molar-refractivity contribution in [2.24, 2.45) is 19.8 Å². The average molecular weight is 248 g/mol. The molecule has 2 aromatic heterocycles. The fourth-order valence-electron chi connectivity index (χ4n) is 1.88. The summed E-state index contributed by atoms with van der Waals surface area (Å²) >= 11 is 0. The quantitative estimate of drug-likeness (QED) is 0.710. The van der Waals surface area contributed by atoms with Crippen LogP contribution in [0.15, 0.2) is 21.9 Å². The summed E-state index contributed by atoms with van der Waals surface area (Å²) in [7, 11) is 2.90. The van der Waals surface area contributed by atoms with E-state index < -0.39 is 17.2 Å². The summed E-state index contributed by atoms with van der Waals surface area (Å²) < 4.78 is 2.25. The standard InChI is InChI=1S/C11H12N4O3/c1-14-9-8(10(17)15(2)11(14)18)6(3-4-13-9)5-7(12)16/h3-4H,5H2,1-2H3,(H2,12,16). The Kier molecular flexibility index (Phi) is 2.74. The minimum atomic E-state index is -0.543. The maximum atomic E-state index is 12.1. The van der Waals surface area contributed by atoms with Gasteiger partial charge in [-0.2, -0.15) is 0 Å². The highest BCUT2D eigenvalue weighted by molar-refractivity contribution is 5.85. The third-order valence-corrected chi connectivity index (χ3v) is 2.79. The van der Waals surface area contributed by atoms with E-state index >= 15 is 0 Å². The van der Waals surface area contributed by atoms with Crippen LogP contribution in [0.2, 0.25) is 0 Å². The number of carbonyl (C=O) groups is 1. The molecule has 0 bridgehead atoms. The molecule has 18 heavy (non-hydrogen) atoms. The second-order valence-electron chi connectivity index (χ2n) is 4.02. The van der Waals surface area contributed by atoms with E-state index in [0.717, 1.165) is 4.57 Å². The summed E-state index contributed by atoms with van der Waals surface area (Å²) in [4.78, 5) is 38.8. The highest BCUT2D eigenvalue weighted by atomic mass is 16.2. The molecule has 94 valence electrons. The molecule has 0 radical (unpaired) electrons. The molecule has 1 amide bonds. The number of nitrogens with zero attached hydrogens (tertiary/aromatic N) is 3. The highest BCUT2D eigenvalue weighted by Crippen LogP contribution is 2.10. The van der Waals surface area contributed by atoms with Crippen molar-refractivity contribution in [1.29, 1.82) is 0 Å². The number of nitrogens with two attached hydrogens (primary N) is 1. The molecule has 2 aromatic rings. The normalized spacial score (nSPS) is 10.8. The van der Waals surface area contributed by atoms with Gasteiger partial charge in [0.05, 0.1) is 11.8 Å². The summed E-state index contributed by atoms with van der Waals surface area (Å²) in [6, 6.07) is 1.55. The lowest BCUT2D eigenvalue weighted by Crippen LogP contribution is -2.38. The average Bonchev–Trinajstić information content (AvgIpc) is 2.32. The van der Waals surface area contributed by atoms with Crippen LogP contribution in [0.1, 0.15) is 5.56 Å². The Morgan fingerprint density at radius 3 is 2.61 bits per heavy atom. The van der Waals surface area contributed by atoms with Gasteiger partial charge in [-0.3, -0.25) is 18.7 Å². The molecule has 0 saturated carbocycles. The number of aromatic nitrogens is 3. The number of carbonyl (C=O) groups excluding carboxylic acids is 1. The van der Waals surface area contributed by atoms with Crippen LogP contribution in [0.4, 0.5) is 0 Å². The number of rotatable bonds is 2. The van der Waals surface area contributed by atoms with Crippen LogP contribution in [0, 0.1) is 0 Å². The van der Waals surface area contributed by atoms with Crippen LogP contribution in [-0.2, 0) is 25.3 Å². The van der Waals surface area contributed by atoms with Gasteiger partial charge in [-0.1, -0.05) is 0 Å². The fourth-order valence-corrected chi connectivity index (χ4v) is 1.88. The van der Waals surface area contributed by atoms with Gasteiger partial charge in [0.15, 0.2) is 0 Å². The van der Waals surface area contributed by atoms with E-state index in [-0.39, 0.29) is 17.5 Å². The van der Waals surface area contributed by atoms with E-state index in [2.05, 4.69) is 4.98 Å². The van der Waals surface area contributed by atoms with Crippen LogP contribution in [0.25, 0.3) is 11.0 Å². The van der Waals surface area contributed by atoms with E-state index in [1.54, 1.807) is 6.07 Å². The second-order valence-corrected chi connectivity index (χ2v) is 4.02. The molecule has 7 heteroatoms. The van der Waals surface area contributed by atoms with Gasteiger partial charge < -0.3 is 5.73 Å². The maximum Gasteiger partial charge on any atom is 0.332 e. The van der Waals surface area contributed by atoms with E-state index in [9.17, 15) is 14.4 Å². The molecule has 2 heterocycles. The molecule has 0 aliphatic carbocycles. The predicted molar refractivity (Wildman–Crippen MR) is 65.1 cm³/mol. The number of primary amides is 1. The van der Waals surface area contributed by atoms with Crippen LogP contribution < -0.4 is 17.0 Å². The van der Waals surface area contributed by atoms with Gasteiger partial charge in [-0.25, -0.2) is 9.78 Å². The first-order chi connectivity index (χ1) is 8.43. The molecular formula is C11H12N4O3. The lowest BCUT2D eigenvalue weighted by atomic mass is 10.1. The molecule has 0 spiro atoms. The number of amides is 1. The predicted octanol–water partition coefficient (Wildman–Crippen LogP) is -1.34. The van der Waals surface area contributed by atoms with Crippen molar-refractivity contribution >= 4 is 16.9 Å². The van der Waals surface area contributed by atoms with Crippen molar-refractivity contribution in [3.8, 4) is 0 Å². The Balaban J connectivity index is 2.98. The van der Waals surface area contributed by atoms with Crippen LogP contribution in [0.3, 0.4) is 0 Å². The molecule has 0 aliphatic rings. The largest absolute Gasteiger partial charge is 0.369 e. The topological polar surface area (TPSA) is 100.0 Å². The number of fused-ring (bicyclic) bond motifs is 1. The Hall–Kier alpha value is -2.44. The first-order valence-corrected chi connectivity index (χ1v) is 5.25. The van der Waals surface area contributed by atoms with Gasteiger partial charge in [0.2, 0.25) is 5.91 Å². The van der Waals surface area contributed by atoms with Gasteiger partial charge in [0, 0.05) is 20.3 Å². The second kappa shape index (κ2) is 4.10. The van der Waals surface area contributed by atoms with E-state index in [1.165, 1.54) is 24.9 Å². The Labute approximate surface area is 101 Å². The minimum absolute atomic E-state index is 0.0630. The number of pyridine rings is 1. The molecule has 0 aromatic carbocycles. The van der Waals surface area contributed by atoms with Crippen molar-refractivity contribution in [2.75, 3.05) is 0 Å². The van der Waals surface area contributed by atoms with Gasteiger partial charge in [0.1, 0.15) is 5.65 Å². The van der Waals surface area contributed by atoms with Gasteiger partial charge in [0.25, 0.3) is 5.56 Å². The van der Waals surface area contributed by atoms with Gasteiger partial charge in [-0.15, -0.1) is 0 Å². The number of hydrogen-bond acceptors (Lipinski definition) is 4. The molecule has 0 aliphatic heterocycles. The Morgan fingerprint density at radius 2 is 2.00 bits per heavy atom. The molecule has 0 atom stereocenters. The molecule has 0 unspecified atom stereocenters. The first kappa shape index (κ1) is 12.0. The summed E-state index contributed by atoms with van der Waals surface area (Å²) in [5.41, 5.74) is 4.93. The summed E-state index contributed by atoms with van der Waals surface area (Å²) in [6.07, 6.45) is 1.38. The molecule has 2 N–H and O–H groups in total. The minimum Gasteiger partial charge on any atom is -0.369 e. The Bertz CT molecular complexity index is 757. The van der Waals surface area contributed by atoms with Crippen molar-refractivity contribution in [3.63, 3.8) is 0 Å². The van der Waals surface area contributed by atoms with Crippen LogP contribution >= 0.6 is 0 Å². The number of hydrogen-bond donors (Lipinski definition) is 1. The van der Waals surface area contributed by atoms with Crippen molar-refractivity contribution in [1.82, 2.24) is 14.1 Å². The van der Waals surface area contributed by atoms with Gasteiger partial charge in [-0.05, 0) is 11.6 Å². The van der Waals surface area contributed by atoms with E-state index in [4.69, 9.17) is 5.73 Å². The summed E-state index contributed by atoms with van der Waals surface area (Å²) in [5.74, 6) is -0.543. The van der Waals surface area contributed by atoms with Crippen molar-refractivity contribution in [3.05, 3.63) is 38.7 Å². The lowest BCUT2D eigenvalue weighted by molar-refractivity contribution is -0.117. The Morgan fingerprint density at radius 1 is 1.33 bits per heavy atom. The molecule has 0 saturated heterocycles. The highest BCUT2D eigenvalue weighted by Gasteiger charge is 2.14. The SMILES string of the molecule is Cn1c(=O)c2c(CC(N)=O)ccnc2n(C)c1=O. The van der Waals surface area contributed by atoms with Crippen LogP contribution in [0.5, 0.6) is 0 Å². The number of aryl methyl sites for hydroxylation is 1. The first-order valence-electron chi connectivity index (χ1n) is 5.25. The van der Waals surface area contributed by atoms with E-state index in [0.29, 0.717) is 5.56 Å². The molecular weight excluding hydrogens is 236 g/mol.